The van der Waals surface area contributed by atoms with Crippen LogP contribution in [0.15, 0.2) is 35.2 Å². The van der Waals surface area contributed by atoms with Gasteiger partial charge in [0.05, 0.1) is 25.4 Å². The van der Waals surface area contributed by atoms with Crippen LogP contribution in [0.4, 0.5) is 10.1 Å². The maximum absolute atomic E-state index is 13.4. The van der Waals surface area contributed by atoms with Gasteiger partial charge in [-0.25, -0.2) is 14.2 Å². The van der Waals surface area contributed by atoms with Gasteiger partial charge in [-0.15, -0.1) is 0 Å². The van der Waals surface area contributed by atoms with Gasteiger partial charge < -0.3 is 14.5 Å². The molecule has 6 heteroatoms. The molecule has 5 nitrogen and oxygen atoms in total. The van der Waals surface area contributed by atoms with Crippen LogP contribution in [0.3, 0.4) is 0 Å². The van der Waals surface area contributed by atoms with Crippen molar-refractivity contribution in [3.63, 3.8) is 0 Å². The summed E-state index contributed by atoms with van der Waals surface area (Å²) in [6.45, 7) is 0.395. The molecule has 0 aliphatic heterocycles. The van der Waals surface area contributed by atoms with Gasteiger partial charge >= 0.3 is 5.97 Å². The fraction of sp³-hybridized carbons (Fsp3) is 0.167. The summed E-state index contributed by atoms with van der Waals surface area (Å²) >= 11 is 0. The highest BCUT2D eigenvalue weighted by Crippen LogP contribution is 2.16. The molecule has 0 saturated carbocycles. The Balaban J connectivity index is 2.12. The Morgan fingerprint density at radius 1 is 1.56 bits per heavy atom. The number of nitrogens with one attached hydrogen (secondary N) is 1. The van der Waals surface area contributed by atoms with Crippen molar-refractivity contribution in [3.8, 4) is 0 Å². The second-order valence-electron chi connectivity index (χ2n) is 3.51. The smallest absolute Gasteiger partial charge is 0.340 e. The van der Waals surface area contributed by atoms with Crippen molar-refractivity contribution in [2.45, 2.75) is 6.54 Å². The fourth-order valence-electron chi connectivity index (χ4n) is 1.42. The van der Waals surface area contributed by atoms with Crippen molar-refractivity contribution in [3.05, 3.63) is 47.9 Å². The number of carbonyl (C=O) groups excluding carboxylic acids is 1. The first kappa shape index (κ1) is 12.1. The molecule has 0 amide bonds. The Morgan fingerprint density at radius 3 is 3.06 bits per heavy atom. The highest BCUT2D eigenvalue weighted by Gasteiger charge is 2.12. The lowest BCUT2D eigenvalue weighted by Crippen LogP contribution is -2.06. The third-order valence-electron chi connectivity index (χ3n) is 2.32. The van der Waals surface area contributed by atoms with Crippen LogP contribution in [-0.4, -0.2) is 18.1 Å². The molecule has 0 aliphatic rings. The van der Waals surface area contributed by atoms with Gasteiger partial charge in [0.25, 0.3) is 0 Å². The topological polar surface area (TPSA) is 64.4 Å². The number of ether oxygens (including phenoxy) is 1. The molecule has 0 unspecified atom stereocenters. The predicted molar refractivity (Wildman–Crippen MR) is 61.6 cm³/mol. The maximum Gasteiger partial charge on any atom is 0.340 e. The van der Waals surface area contributed by atoms with Crippen molar-refractivity contribution in [1.29, 1.82) is 0 Å². The van der Waals surface area contributed by atoms with Crippen LogP contribution in [-0.2, 0) is 11.3 Å². The van der Waals surface area contributed by atoms with Crippen LogP contribution in [0.2, 0.25) is 0 Å². The molecule has 2 rings (SSSR count). The molecular formula is C12H11FN2O3. The standard InChI is InChI=1S/C12H11FN2O3/c1-17-12(16)10-4-8(2-3-11(10)13)15-6-9-5-14-7-18-9/h2-5,7,15H,6H2,1H3. The Labute approximate surface area is 103 Å². The average Bonchev–Trinajstić information content (AvgIpc) is 2.90. The number of carbonyl (C=O) groups is 1. The van der Waals surface area contributed by atoms with Gasteiger partial charge in [0.2, 0.25) is 0 Å². The van der Waals surface area contributed by atoms with Gasteiger partial charge in [0.1, 0.15) is 11.6 Å². The van der Waals surface area contributed by atoms with Gasteiger partial charge in [-0.1, -0.05) is 0 Å². The number of rotatable bonds is 4. The van der Waals surface area contributed by atoms with E-state index in [-0.39, 0.29) is 5.56 Å². The monoisotopic (exact) mass is 250 g/mol. The number of methoxy groups -OCH3 is 1. The van der Waals surface area contributed by atoms with E-state index in [1.54, 1.807) is 6.20 Å². The summed E-state index contributed by atoms with van der Waals surface area (Å²) in [5.41, 5.74) is 0.480. The third kappa shape index (κ3) is 2.65. The molecule has 2 aromatic rings. The van der Waals surface area contributed by atoms with Crippen molar-refractivity contribution < 1.29 is 18.3 Å². The minimum atomic E-state index is -0.712. The number of hydrogen-bond donors (Lipinski definition) is 1. The lowest BCUT2D eigenvalue weighted by atomic mass is 10.2. The van der Waals surface area contributed by atoms with Crippen LogP contribution in [0.5, 0.6) is 0 Å². The van der Waals surface area contributed by atoms with Crippen LogP contribution >= 0.6 is 0 Å². The molecule has 0 bridgehead atoms. The summed E-state index contributed by atoms with van der Waals surface area (Å²) in [5, 5.41) is 2.99. The summed E-state index contributed by atoms with van der Waals surface area (Å²) in [4.78, 5) is 15.1. The van der Waals surface area contributed by atoms with Gasteiger partial charge in [-0.05, 0) is 18.2 Å². The first-order valence-corrected chi connectivity index (χ1v) is 5.20. The number of aromatic nitrogens is 1. The fourth-order valence-corrected chi connectivity index (χ4v) is 1.42. The second kappa shape index (κ2) is 5.31. The predicted octanol–water partition coefficient (Wildman–Crippen LogP) is 2.21. The Hall–Kier alpha value is -2.37. The maximum atomic E-state index is 13.4. The van der Waals surface area contributed by atoms with Crippen LogP contribution in [0.25, 0.3) is 0 Å². The molecule has 1 aromatic carbocycles. The quantitative estimate of drug-likeness (QED) is 0.843. The molecule has 1 N–H and O–H groups in total. The van der Waals surface area contributed by atoms with E-state index < -0.39 is 11.8 Å². The Kier molecular flexibility index (Phi) is 3.57. The zero-order valence-electron chi connectivity index (χ0n) is 9.64. The van der Waals surface area contributed by atoms with Crippen LogP contribution in [0, 0.1) is 5.82 Å². The van der Waals surface area contributed by atoms with E-state index in [4.69, 9.17) is 4.42 Å². The molecule has 1 heterocycles. The molecule has 94 valence electrons. The van der Waals surface area contributed by atoms with Gasteiger partial charge in [-0.2, -0.15) is 0 Å². The van der Waals surface area contributed by atoms with Crippen LogP contribution < -0.4 is 5.32 Å². The van der Waals surface area contributed by atoms with E-state index in [0.29, 0.717) is 18.0 Å². The Morgan fingerprint density at radius 2 is 2.39 bits per heavy atom. The van der Waals surface area contributed by atoms with Crippen LogP contribution in [0.1, 0.15) is 16.1 Å². The minimum absolute atomic E-state index is 0.111. The summed E-state index contributed by atoms with van der Waals surface area (Å²) in [7, 11) is 1.20. The van der Waals surface area contributed by atoms with Crippen molar-refractivity contribution in [2.75, 3.05) is 12.4 Å². The number of benzene rings is 1. The zero-order valence-corrected chi connectivity index (χ0v) is 9.64. The highest BCUT2D eigenvalue weighted by molar-refractivity contribution is 5.90. The molecular weight excluding hydrogens is 239 g/mol. The molecule has 0 atom stereocenters. The lowest BCUT2D eigenvalue weighted by molar-refractivity contribution is 0.0595. The molecule has 0 aliphatic carbocycles. The van der Waals surface area contributed by atoms with Gasteiger partial charge in [-0.3, -0.25) is 0 Å². The molecule has 18 heavy (non-hydrogen) atoms. The molecule has 0 fully saturated rings. The minimum Gasteiger partial charge on any atom is -0.465 e. The number of esters is 1. The van der Waals surface area contributed by atoms with E-state index in [0.717, 1.165) is 0 Å². The summed E-state index contributed by atoms with van der Waals surface area (Å²) in [5.74, 6) is -0.693. The zero-order chi connectivity index (χ0) is 13.0. The summed E-state index contributed by atoms with van der Waals surface area (Å²) < 4.78 is 22.9. The normalized spacial score (nSPS) is 10.1. The highest BCUT2D eigenvalue weighted by atomic mass is 19.1. The SMILES string of the molecule is COC(=O)c1cc(NCc2cnco2)ccc1F. The number of hydrogen-bond acceptors (Lipinski definition) is 5. The van der Waals surface area contributed by atoms with Gasteiger partial charge in [0, 0.05) is 5.69 Å². The molecule has 0 spiro atoms. The summed E-state index contributed by atoms with van der Waals surface area (Å²) in [6, 6.07) is 4.12. The first-order valence-electron chi connectivity index (χ1n) is 5.20. The molecule has 1 aromatic heterocycles. The number of nitrogens with zero attached hydrogens (tertiary/aromatic N) is 1. The number of anilines is 1. The number of oxazole rings is 1. The number of halogens is 1. The lowest BCUT2D eigenvalue weighted by Gasteiger charge is -2.07. The van der Waals surface area contributed by atoms with E-state index in [2.05, 4.69) is 15.0 Å². The van der Waals surface area contributed by atoms with Crippen molar-refractivity contribution in [1.82, 2.24) is 4.98 Å². The van der Waals surface area contributed by atoms with E-state index in [9.17, 15) is 9.18 Å². The first-order chi connectivity index (χ1) is 8.70. The van der Waals surface area contributed by atoms with E-state index in [1.807, 2.05) is 0 Å². The molecule has 0 radical (unpaired) electrons. The largest absolute Gasteiger partial charge is 0.465 e. The van der Waals surface area contributed by atoms with E-state index in [1.165, 1.54) is 31.7 Å². The van der Waals surface area contributed by atoms with Crippen molar-refractivity contribution in [2.24, 2.45) is 0 Å². The third-order valence-corrected chi connectivity index (χ3v) is 2.32. The Bertz CT molecular complexity index is 540. The van der Waals surface area contributed by atoms with Gasteiger partial charge in [0.15, 0.2) is 6.39 Å². The summed E-state index contributed by atoms with van der Waals surface area (Å²) in [6.07, 6.45) is 2.89. The average molecular weight is 250 g/mol. The molecule has 0 saturated heterocycles. The van der Waals surface area contributed by atoms with Crippen molar-refractivity contribution >= 4 is 11.7 Å². The van der Waals surface area contributed by atoms with E-state index >= 15 is 0 Å². The second-order valence-corrected chi connectivity index (χ2v) is 3.51.